The van der Waals surface area contributed by atoms with Gasteiger partial charge in [0.2, 0.25) is 5.52 Å². The largest absolute Gasteiger partial charge is 0.374 e. The Morgan fingerprint density at radius 1 is 0.967 bits per heavy atom. The lowest BCUT2D eigenvalue weighted by Gasteiger charge is -2.16. The van der Waals surface area contributed by atoms with Gasteiger partial charge in [-0.1, -0.05) is 30.3 Å². The van der Waals surface area contributed by atoms with Gasteiger partial charge >= 0.3 is 0 Å². The van der Waals surface area contributed by atoms with Crippen molar-refractivity contribution in [1.29, 1.82) is 0 Å². The van der Waals surface area contributed by atoms with E-state index in [0.29, 0.717) is 0 Å². The van der Waals surface area contributed by atoms with Gasteiger partial charge in [0.05, 0.1) is 33.4 Å². The van der Waals surface area contributed by atoms with Crippen LogP contribution in [-0.2, 0) is 11.8 Å². The summed E-state index contributed by atoms with van der Waals surface area (Å²) in [6.45, 7) is 3.10. The maximum Gasteiger partial charge on any atom is 0.224 e. The Kier molecular flexibility index (Phi) is 3.16. The molecule has 7 rings (SSSR count). The molecule has 0 aliphatic carbocycles. The summed E-state index contributed by atoms with van der Waals surface area (Å²) >= 11 is 0. The van der Waals surface area contributed by atoms with Crippen LogP contribution in [0.1, 0.15) is 30.1 Å². The summed E-state index contributed by atoms with van der Waals surface area (Å²) in [6.07, 6.45) is 4.67. The molecule has 1 fully saturated rings. The predicted molar refractivity (Wildman–Crippen MR) is 122 cm³/mol. The van der Waals surface area contributed by atoms with E-state index in [1.54, 1.807) is 0 Å². The number of hydrogen-bond donors (Lipinski definition) is 0. The number of benzene rings is 3. The normalized spacial score (nSPS) is 17.5. The molecule has 1 unspecified atom stereocenters. The fourth-order valence-electron chi connectivity index (χ4n) is 5.72. The first-order valence-corrected chi connectivity index (χ1v) is 10.8. The zero-order chi connectivity index (χ0) is 20.0. The first-order chi connectivity index (χ1) is 14.7. The second kappa shape index (κ2) is 5.71. The summed E-state index contributed by atoms with van der Waals surface area (Å²) in [5.74, 6) is 0. The smallest absolute Gasteiger partial charge is 0.224 e. The molecule has 0 saturated carbocycles. The molecular formula is C27H23N2O+. The van der Waals surface area contributed by atoms with Crippen LogP contribution in [0.25, 0.3) is 49.0 Å². The summed E-state index contributed by atoms with van der Waals surface area (Å²) in [4.78, 5) is 0. The number of para-hydroxylation sites is 1. The minimum atomic E-state index is 0.208. The van der Waals surface area contributed by atoms with Gasteiger partial charge in [-0.05, 0) is 54.5 Å². The fourth-order valence-corrected chi connectivity index (χ4v) is 5.72. The summed E-state index contributed by atoms with van der Waals surface area (Å²) in [5.41, 5.74) is 7.84. The molecule has 0 radical (unpaired) electrons. The van der Waals surface area contributed by atoms with E-state index in [0.717, 1.165) is 19.4 Å². The van der Waals surface area contributed by atoms with Crippen LogP contribution in [0.5, 0.6) is 0 Å². The molecule has 3 aromatic heterocycles. The highest BCUT2D eigenvalue weighted by molar-refractivity contribution is 6.25. The zero-order valence-corrected chi connectivity index (χ0v) is 17.3. The maximum absolute atomic E-state index is 6.08. The number of rotatable bonds is 1. The minimum Gasteiger partial charge on any atom is -0.374 e. The summed E-state index contributed by atoms with van der Waals surface area (Å²) in [6, 6.07) is 20.4. The third-order valence-electron chi connectivity index (χ3n) is 7.06. The number of hydrogen-bond acceptors (Lipinski definition) is 1. The van der Waals surface area contributed by atoms with Crippen molar-refractivity contribution < 1.29 is 9.30 Å². The van der Waals surface area contributed by atoms with Gasteiger partial charge < -0.3 is 9.14 Å². The van der Waals surface area contributed by atoms with Crippen LogP contribution < -0.4 is 4.57 Å². The molecule has 0 amide bonds. The average molecular weight is 391 g/mol. The molecule has 3 aromatic carbocycles. The van der Waals surface area contributed by atoms with Crippen molar-refractivity contribution in [2.75, 3.05) is 6.61 Å². The first-order valence-electron chi connectivity index (χ1n) is 10.8. The van der Waals surface area contributed by atoms with Crippen molar-refractivity contribution in [2.24, 2.45) is 7.05 Å². The van der Waals surface area contributed by atoms with E-state index in [2.05, 4.69) is 83.7 Å². The third kappa shape index (κ3) is 1.96. The summed E-state index contributed by atoms with van der Waals surface area (Å²) in [7, 11) is 2.17. The van der Waals surface area contributed by atoms with Crippen molar-refractivity contribution in [2.45, 2.75) is 25.9 Å². The molecule has 3 heteroatoms. The van der Waals surface area contributed by atoms with Crippen LogP contribution in [0.3, 0.4) is 0 Å². The van der Waals surface area contributed by atoms with E-state index in [9.17, 15) is 0 Å². The average Bonchev–Trinajstić information content (AvgIpc) is 3.41. The Labute approximate surface area is 174 Å². The van der Waals surface area contributed by atoms with Gasteiger partial charge in [0, 0.05) is 23.4 Å². The van der Waals surface area contributed by atoms with Crippen molar-refractivity contribution in [3.05, 3.63) is 71.9 Å². The minimum absolute atomic E-state index is 0.208. The highest BCUT2D eigenvalue weighted by Crippen LogP contribution is 2.42. The Bertz CT molecular complexity index is 1620. The lowest BCUT2D eigenvalue weighted by molar-refractivity contribution is -0.643. The van der Waals surface area contributed by atoms with Crippen molar-refractivity contribution in [1.82, 2.24) is 4.40 Å². The molecule has 1 saturated heterocycles. The number of aromatic nitrogens is 2. The molecule has 0 spiro atoms. The van der Waals surface area contributed by atoms with Gasteiger partial charge in [-0.2, -0.15) is 0 Å². The molecule has 30 heavy (non-hydrogen) atoms. The topological polar surface area (TPSA) is 17.5 Å². The SMILES string of the molecule is Cc1ccc2c3ccccc3n3c4cc(C5CCCO5)cc5cc[n+](C)c(c1c23)c54. The molecule has 6 aromatic rings. The van der Waals surface area contributed by atoms with Crippen LogP contribution >= 0.6 is 0 Å². The van der Waals surface area contributed by atoms with Gasteiger partial charge in [0.1, 0.15) is 7.05 Å². The Morgan fingerprint density at radius 3 is 2.73 bits per heavy atom. The van der Waals surface area contributed by atoms with E-state index in [-0.39, 0.29) is 6.10 Å². The second-order valence-corrected chi connectivity index (χ2v) is 8.79. The van der Waals surface area contributed by atoms with Gasteiger partial charge in [0.15, 0.2) is 6.20 Å². The van der Waals surface area contributed by atoms with Crippen molar-refractivity contribution >= 4 is 49.0 Å². The van der Waals surface area contributed by atoms with Gasteiger partial charge in [-0.25, -0.2) is 4.57 Å². The van der Waals surface area contributed by atoms with E-state index in [1.165, 1.54) is 60.1 Å². The van der Waals surface area contributed by atoms with Crippen LogP contribution in [0.4, 0.5) is 0 Å². The Hall–Kier alpha value is -3.17. The molecule has 146 valence electrons. The number of ether oxygens (including phenoxy) is 1. The first kappa shape index (κ1) is 16.6. The van der Waals surface area contributed by atoms with E-state index in [1.807, 2.05) is 0 Å². The molecule has 0 N–H and O–H groups in total. The third-order valence-corrected chi connectivity index (χ3v) is 7.06. The molecule has 0 bridgehead atoms. The van der Waals surface area contributed by atoms with Gasteiger partial charge in [0.25, 0.3) is 0 Å². The van der Waals surface area contributed by atoms with Crippen LogP contribution in [-0.4, -0.2) is 11.0 Å². The van der Waals surface area contributed by atoms with Crippen molar-refractivity contribution in [3.63, 3.8) is 0 Å². The fraction of sp³-hybridized carbons (Fsp3) is 0.222. The predicted octanol–water partition coefficient (Wildman–Crippen LogP) is 5.97. The molecule has 1 aliphatic rings. The Balaban J connectivity index is 1.83. The molecule has 3 nitrogen and oxygen atoms in total. The van der Waals surface area contributed by atoms with E-state index in [4.69, 9.17) is 4.74 Å². The van der Waals surface area contributed by atoms with Crippen LogP contribution in [0, 0.1) is 6.92 Å². The van der Waals surface area contributed by atoms with E-state index >= 15 is 0 Å². The lowest BCUT2D eigenvalue weighted by atomic mass is 9.96. The summed E-state index contributed by atoms with van der Waals surface area (Å²) < 4.78 is 10.9. The monoisotopic (exact) mass is 391 g/mol. The van der Waals surface area contributed by atoms with Gasteiger partial charge in [-0.3, -0.25) is 0 Å². The highest BCUT2D eigenvalue weighted by Gasteiger charge is 2.26. The highest BCUT2D eigenvalue weighted by atomic mass is 16.5. The quantitative estimate of drug-likeness (QED) is 0.192. The number of aryl methyl sites for hydroxylation is 2. The number of nitrogens with zero attached hydrogens (tertiary/aromatic N) is 2. The van der Waals surface area contributed by atoms with Gasteiger partial charge in [-0.15, -0.1) is 0 Å². The van der Waals surface area contributed by atoms with Crippen molar-refractivity contribution in [3.8, 4) is 0 Å². The molecular weight excluding hydrogens is 368 g/mol. The zero-order valence-electron chi connectivity index (χ0n) is 17.3. The van der Waals surface area contributed by atoms with Crippen LogP contribution in [0.2, 0.25) is 0 Å². The summed E-state index contributed by atoms with van der Waals surface area (Å²) in [5, 5.41) is 6.64. The lowest BCUT2D eigenvalue weighted by Crippen LogP contribution is -2.29. The van der Waals surface area contributed by atoms with Crippen LogP contribution in [0.15, 0.2) is 60.8 Å². The maximum atomic E-state index is 6.08. The standard InChI is InChI=1S/C27H23N2O/c1-16-9-10-20-19-6-3-4-7-21(19)29-22-15-18(23-8-5-13-30-23)14-17-11-12-28(2)27(25(17)22)24(16)26(20)29/h3-4,6-7,9-12,14-15,23H,5,8,13H2,1-2H3/q+1. The second-order valence-electron chi connectivity index (χ2n) is 8.79. The number of pyridine rings is 2. The number of fused-ring (bicyclic) bond motifs is 5. The molecule has 4 heterocycles. The molecule has 1 atom stereocenters. The molecule has 1 aliphatic heterocycles. The Morgan fingerprint density at radius 2 is 1.87 bits per heavy atom. The van der Waals surface area contributed by atoms with E-state index < -0.39 is 0 Å².